The minimum Gasteiger partial charge on any atom is -0.340 e. The molecule has 1 aliphatic heterocycles. The second kappa shape index (κ2) is 6.60. The average molecular weight is 332 g/mol. The van der Waals surface area contributed by atoms with Gasteiger partial charge in [-0.3, -0.25) is 9.80 Å². The first kappa shape index (κ1) is 15.7. The summed E-state index contributed by atoms with van der Waals surface area (Å²) < 4.78 is 10.5. The predicted octanol–water partition coefficient (Wildman–Crippen LogP) is 1.73. The Balaban J connectivity index is 1.32. The van der Waals surface area contributed by atoms with Gasteiger partial charge in [0, 0.05) is 25.4 Å². The summed E-state index contributed by atoms with van der Waals surface area (Å²) in [5.41, 5.74) is 0. The molecule has 130 valence electrons. The topological polar surface area (TPSA) is 84.3 Å². The molecule has 0 amide bonds. The van der Waals surface area contributed by atoms with Crippen molar-refractivity contribution in [3.8, 4) is 0 Å². The van der Waals surface area contributed by atoms with Crippen LogP contribution in [0.15, 0.2) is 9.05 Å². The van der Waals surface area contributed by atoms with Gasteiger partial charge in [0.25, 0.3) is 0 Å². The quantitative estimate of drug-likeness (QED) is 0.791. The highest BCUT2D eigenvalue weighted by Crippen LogP contribution is 2.38. The van der Waals surface area contributed by atoms with Crippen LogP contribution in [0.2, 0.25) is 0 Å². The van der Waals surface area contributed by atoms with E-state index in [-0.39, 0.29) is 0 Å². The number of nitrogens with zero attached hydrogens (tertiary/aromatic N) is 6. The van der Waals surface area contributed by atoms with Gasteiger partial charge < -0.3 is 9.05 Å². The minimum absolute atomic E-state index is 0.475. The van der Waals surface area contributed by atoms with E-state index in [2.05, 4.69) is 37.1 Å². The largest absolute Gasteiger partial charge is 0.340 e. The van der Waals surface area contributed by atoms with Crippen molar-refractivity contribution in [2.75, 3.05) is 20.1 Å². The number of likely N-dealkylation sites (N-methyl/N-ethyl adjacent to an activating group) is 1. The highest BCUT2D eigenvalue weighted by atomic mass is 16.5. The highest BCUT2D eigenvalue weighted by Gasteiger charge is 2.30. The SMILES string of the molecule is Cc1nc(CN2CCC[C@H](N(C)Cc3nc(C4CC4)no3)C2)no1. The summed E-state index contributed by atoms with van der Waals surface area (Å²) in [6.45, 7) is 5.34. The number of hydrogen-bond acceptors (Lipinski definition) is 8. The molecule has 24 heavy (non-hydrogen) atoms. The molecule has 1 saturated carbocycles. The molecule has 2 fully saturated rings. The van der Waals surface area contributed by atoms with Crippen LogP contribution >= 0.6 is 0 Å². The van der Waals surface area contributed by atoms with Gasteiger partial charge in [0.2, 0.25) is 11.8 Å². The maximum absolute atomic E-state index is 5.40. The van der Waals surface area contributed by atoms with Crippen molar-refractivity contribution < 1.29 is 9.05 Å². The molecule has 8 nitrogen and oxygen atoms in total. The second-order valence-electron chi connectivity index (χ2n) is 7.00. The van der Waals surface area contributed by atoms with E-state index in [0.717, 1.165) is 37.2 Å². The summed E-state index contributed by atoms with van der Waals surface area (Å²) in [6.07, 6.45) is 4.74. The predicted molar refractivity (Wildman–Crippen MR) is 85.1 cm³/mol. The van der Waals surface area contributed by atoms with Crippen molar-refractivity contribution in [2.45, 2.75) is 57.7 Å². The van der Waals surface area contributed by atoms with Crippen molar-refractivity contribution in [3.63, 3.8) is 0 Å². The van der Waals surface area contributed by atoms with Crippen LogP contribution in [-0.4, -0.2) is 56.3 Å². The molecular formula is C16H24N6O2. The van der Waals surface area contributed by atoms with Gasteiger partial charge in [-0.05, 0) is 39.3 Å². The molecule has 0 N–H and O–H groups in total. The standard InChI is InChI=1S/C16H24N6O2/c1-11-17-14(19-23-11)9-22-7-3-4-13(8-22)21(2)10-15-18-16(20-24-15)12-5-6-12/h12-13H,3-10H2,1-2H3/t13-/m0/s1. The summed E-state index contributed by atoms with van der Waals surface area (Å²) in [4.78, 5) is 13.5. The van der Waals surface area contributed by atoms with E-state index in [1.807, 2.05) is 6.92 Å². The number of aryl methyl sites for hydroxylation is 1. The van der Waals surface area contributed by atoms with Crippen LogP contribution in [0.3, 0.4) is 0 Å². The zero-order chi connectivity index (χ0) is 16.5. The van der Waals surface area contributed by atoms with Crippen molar-refractivity contribution in [2.24, 2.45) is 0 Å². The van der Waals surface area contributed by atoms with Gasteiger partial charge in [-0.25, -0.2) is 0 Å². The third-order valence-electron chi connectivity index (χ3n) is 4.85. The molecule has 0 aromatic carbocycles. The molecule has 1 saturated heterocycles. The molecule has 2 aromatic rings. The van der Waals surface area contributed by atoms with E-state index in [0.29, 0.717) is 24.4 Å². The Morgan fingerprint density at radius 2 is 2.04 bits per heavy atom. The Morgan fingerprint density at radius 3 is 2.79 bits per heavy atom. The molecule has 2 aliphatic rings. The molecule has 0 unspecified atom stereocenters. The zero-order valence-corrected chi connectivity index (χ0v) is 14.3. The molecule has 4 rings (SSSR count). The minimum atomic E-state index is 0.475. The van der Waals surface area contributed by atoms with Gasteiger partial charge in [-0.1, -0.05) is 10.3 Å². The first-order chi connectivity index (χ1) is 11.7. The fraction of sp³-hybridized carbons (Fsp3) is 0.750. The van der Waals surface area contributed by atoms with Gasteiger partial charge in [0.15, 0.2) is 11.6 Å². The molecule has 3 heterocycles. The van der Waals surface area contributed by atoms with Crippen LogP contribution in [0, 0.1) is 6.92 Å². The Hall–Kier alpha value is -1.80. The van der Waals surface area contributed by atoms with Crippen molar-refractivity contribution in [1.29, 1.82) is 0 Å². The molecule has 0 bridgehead atoms. The van der Waals surface area contributed by atoms with Gasteiger partial charge in [-0.2, -0.15) is 9.97 Å². The fourth-order valence-electron chi connectivity index (χ4n) is 3.32. The van der Waals surface area contributed by atoms with E-state index in [1.54, 1.807) is 0 Å². The lowest BCUT2D eigenvalue weighted by atomic mass is 10.0. The summed E-state index contributed by atoms with van der Waals surface area (Å²) >= 11 is 0. The Kier molecular flexibility index (Phi) is 4.32. The number of piperidine rings is 1. The number of likely N-dealkylation sites (tertiary alicyclic amines) is 1. The average Bonchev–Trinajstić information content (AvgIpc) is 3.19. The van der Waals surface area contributed by atoms with Crippen LogP contribution in [0.25, 0.3) is 0 Å². The van der Waals surface area contributed by atoms with E-state index in [1.165, 1.54) is 25.7 Å². The van der Waals surface area contributed by atoms with Gasteiger partial charge in [0.05, 0.1) is 13.1 Å². The van der Waals surface area contributed by atoms with Crippen LogP contribution < -0.4 is 0 Å². The molecule has 1 atom stereocenters. The molecule has 8 heteroatoms. The maximum atomic E-state index is 5.40. The Labute approximate surface area is 141 Å². The molecule has 0 spiro atoms. The third kappa shape index (κ3) is 3.64. The van der Waals surface area contributed by atoms with Crippen molar-refractivity contribution in [3.05, 3.63) is 23.4 Å². The highest BCUT2D eigenvalue weighted by molar-refractivity contribution is 5.03. The molecule has 2 aromatic heterocycles. The normalized spacial score (nSPS) is 22.4. The van der Waals surface area contributed by atoms with Crippen molar-refractivity contribution >= 4 is 0 Å². The van der Waals surface area contributed by atoms with Crippen LogP contribution in [-0.2, 0) is 13.1 Å². The Bertz CT molecular complexity index is 680. The smallest absolute Gasteiger partial charge is 0.240 e. The lowest BCUT2D eigenvalue weighted by Gasteiger charge is -2.36. The van der Waals surface area contributed by atoms with Crippen LogP contribution in [0.5, 0.6) is 0 Å². The molecule has 0 radical (unpaired) electrons. The first-order valence-corrected chi connectivity index (χ1v) is 8.71. The third-order valence-corrected chi connectivity index (χ3v) is 4.85. The van der Waals surface area contributed by atoms with E-state index in [9.17, 15) is 0 Å². The summed E-state index contributed by atoms with van der Waals surface area (Å²) in [6, 6.07) is 0.475. The lowest BCUT2D eigenvalue weighted by Crippen LogP contribution is -2.45. The monoisotopic (exact) mass is 332 g/mol. The van der Waals surface area contributed by atoms with Gasteiger partial charge >= 0.3 is 0 Å². The first-order valence-electron chi connectivity index (χ1n) is 8.71. The van der Waals surface area contributed by atoms with E-state index < -0.39 is 0 Å². The van der Waals surface area contributed by atoms with Gasteiger partial charge in [0.1, 0.15) is 0 Å². The Morgan fingerprint density at radius 1 is 1.17 bits per heavy atom. The zero-order valence-electron chi connectivity index (χ0n) is 14.3. The lowest BCUT2D eigenvalue weighted by molar-refractivity contribution is 0.0972. The summed E-state index contributed by atoms with van der Waals surface area (Å²) in [5, 5.41) is 8.10. The second-order valence-corrected chi connectivity index (χ2v) is 7.00. The number of aromatic nitrogens is 4. The number of hydrogen-bond donors (Lipinski definition) is 0. The van der Waals surface area contributed by atoms with Crippen LogP contribution in [0.4, 0.5) is 0 Å². The van der Waals surface area contributed by atoms with Gasteiger partial charge in [-0.15, -0.1) is 0 Å². The van der Waals surface area contributed by atoms with Crippen LogP contribution in [0.1, 0.15) is 55.0 Å². The fourth-order valence-corrected chi connectivity index (χ4v) is 3.32. The molecule has 1 aliphatic carbocycles. The number of rotatable bonds is 6. The summed E-state index contributed by atoms with van der Waals surface area (Å²) in [7, 11) is 2.13. The van der Waals surface area contributed by atoms with E-state index in [4.69, 9.17) is 9.05 Å². The summed E-state index contributed by atoms with van der Waals surface area (Å²) in [5.74, 6) is 3.54. The maximum Gasteiger partial charge on any atom is 0.240 e. The van der Waals surface area contributed by atoms with Crippen molar-refractivity contribution in [1.82, 2.24) is 30.1 Å². The molecular weight excluding hydrogens is 308 g/mol. The van der Waals surface area contributed by atoms with E-state index >= 15 is 0 Å².